The number of anilines is 1. The molecule has 2 aliphatic rings. The van der Waals surface area contributed by atoms with Crippen LogP contribution in [-0.4, -0.2) is 50.1 Å². The third-order valence-corrected chi connectivity index (χ3v) is 5.65. The molecule has 0 bridgehead atoms. The molecule has 1 fully saturated rings. The van der Waals surface area contributed by atoms with E-state index < -0.39 is 30.6 Å². The van der Waals surface area contributed by atoms with Crippen LogP contribution in [0.5, 0.6) is 0 Å². The maximum Gasteiger partial charge on any atom is 0.249 e. The average molecular weight is 398 g/mol. The Kier molecular flexibility index (Phi) is 4.09. The second kappa shape index (κ2) is 6.55. The zero-order chi connectivity index (χ0) is 20.2. The average Bonchev–Trinajstić information content (AvgIpc) is 3.08. The summed E-state index contributed by atoms with van der Waals surface area (Å²) >= 11 is 0. The van der Waals surface area contributed by atoms with E-state index >= 15 is 0 Å². The molecule has 3 aromatic heterocycles. The van der Waals surface area contributed by atoms with Crippen LogP contribution < -0.4 is 5.32 Å². The standard InChI is InChI=1S/C20H20F2N6O/c1-27-2-3-28-17(11-27)15(10-25-28)16-4-12-5-18(24-9-14(12)8-23-16)26-19(29)13-6-20(21,22)7-13/h4-5,8-10,13H,2-3,6-7,11H2,1H3,(H,24,26,29). The van der Waals surface area contributed by atoms with Crippen LogP contribution >= 0.6 is 0 Å². The lowest BCUT2D eigenvalue weighted by atomic mass is 9.81. The summed E-state index contributed by atoms with van der Waals surface area (Å²) in [6.45, 7) is 2.61. The normalized spacial score (nSPS) is 19.0. The van der Waals surface area contributed by atoms with E-state index in [2.05, 4.69) is 32.3 Å². The summed E-state index contributed by atoms with van der Waals surface area (Å²) in [7, 11) is 2.08. The number of fused-ring (bicyclic) bond motifs is 2. The molecule has 0 radical (unpaired) electrons. The van der Waals surface area contributed by atoms with E-state index in [0.29, 0.717) is 5.82 Å². The Morgan fingerprint density at radius 1 is 1.14 bits per heavy atom. The number of alkyl halides is 2. The van der Waals surface area contributed by atoms with Gasteiger partial charge in [-0.15, -0.1) is 0 Å². The third kappa shape index (κ3) is 3.35. The SMILES string of the molecule is CN1CCn2ncc(-c3cc4cc(NC(=O)C5CC(F)(F)C5)ncc4cn3)c2C1. The quantitative estimate of drug-likeness (QED) is 0.734. The van der Waals surface area contributed by atoms with Crippen molar-refractivity contribution < 1.29 is 13.6 Å². The van der Waals surface area contributed by atoms with Gasteiger partial charge in [0, 0.05) is 55.2 Å². The second-order valence-electron chi connectivity index (χ2n) is 7.90. The maximum absolute atomic E-state index is 13.0. The summed E-state index contributed by atoms with van der Waals surface area (Å²) in [5.74, 6) is -3.44. The fourth-order valence-corrected chi connectivity index (χ4v) is 3.91. The van der Waals surface area contributed by atoms with Gasteiger partial charge in [-0.25, -0.2) is 13.8 Å². The van der Waals surface area contributed by atoms with E-state index in [0.717, 1.165) is 47.4 Å². The monoisotopic (exact) mass is 398 g/mol. The fourth-order valence-electron chi connectivity index (χ4n) is 3.91. The number of nitrogens with one attached hydrogen (secondary N) is 1. The molecule has 1 N–H and O–H groups in total. The zero-order valence-electron chi connectivity index (χ0n) is 15.9. The highest BCUT2D eigenvalue weighted by Crippen LogP contribution is 2.42. The van der Waals surface area contributed by atoms with E-state index in [4.69, 9.17) is 0 Å². The molecule has 0 spiro atoms. The van der Waals surface area contributed by atoms with Crippen LogP contribution in [0.3, 0.4) is 0 Å². The Hall–Kier alpha value is -2.94. The zero-order valence-corrected chi connectivity index (χ0v) is 15.9. The summed E-state index contributed by atoms with van der Waals surface area (Å²) < 4.78 is 28.0. The van der Waals surface area contributed by atoms with Gasteiger partial charge >= 0.3 is 0 Å². The van der Waals surface area contributed by atoms with Crippen molar-refractivity contribution in [2.45, 2.75) is 31.9 Å². The van der Waals surface area contributed by atoms with Crippen molar-refractivity contribution in [2.24, 2.45) is 5.92 Å². The first-order valence-electron chi connectivity index (χ1n) is 9.56. The van der Waals surface area contributed by atoms with Crippen LogP contribution in [0, 0.1) is 5.92 Å². The third-order valence-electron chi connectivity index (χ3n) is 5.65. The van der Waals surface area contributed by atoms with Crippen LogP contribution in [-0.2, 0) is 17.9 Å². The molecule has 9 heteroatoms. The molecule has 150 valence electrons. The van der Waals surface area contributed by atoms with Crippen LogP contribution in [0.1, 0.15) is 18.5 Å². The van der Waals surface area contributed by atoms with Crippen LogP contribution in [0.4, 0.5) is 14.6 Å². The Labute approximate surface area is 165 Å². The molecule has 1 aliphatic carbocycles. The highest BCUT2D eigenvalue weighted by molar-refractivity contribution is 5.95. The molecule has 1 saturated carbocycles. The number of likely N-dealkylation sites (N-methyl/N-ethyl adjacent to an activating group) is 1. The molecule has 1 aliphatic heterocycles. The van der Waals surface area contributed by atoms with Gasteiger partial charge in [-0.05, 0) is 24.6 Å². The molecular formula is C20H20F2N6O. The predicted octanol–water partition coefficient (Wildman–Crippen LogP) is 2.92. The van der Waals surface area contributed by atoms with Gasteiger partial charge in [-0.3, -0.25) is 19.4 Å². The summed E-state index contributed by atoms with van der Waals surface area (Å²) in [4.78, 5) is 23.2. The topological polar surface area (TPSA) is 75.9 Å². The molecule has 5 rings (SSSR count). The van der Waals surface area contributed by atoms with E-state index in [-0.39, 0.29) is 0 Å². The van der Waals surface area contributed by atoms with Gasteiger partial charge in [-0.2, -0.15) is 5.10 Å². The summed E-state index contributed by atoms with van der Waals surface area (Å²) in [5, 5.41) is 8.83. The second-order valence-corrected chi connectivity index (χ2v) is 7.90. The van der Waals surface area contributed by atoms with Crippen molar-refractivity contribution in [3.05, 3.63) is 36.4 Å². The number of carbonyl (C=O) groups excluding carboxylic acids is 1. The summed E-state index contributed by atoms with van der Waals surface area (Å²) in [5.41, 5.74) is 2.91. The van der Waals surface area contributed by atoms with Crippen molar-refractivity contribution in [3.63, 3.8) is 0 Å². The van der Waals surface area contributed by atoms with E-state index in [9.17, 15) is 13.6 Å². The lowest BCUT2D eigenvalue weighted by molar-refractivity contribution is -0.145. The van der Waals surface area contributed by atoms with Gasteiger partial charge in [0.25, 0.3) is 0 Å². The number of pyridine rings is 2. The number of halogens is 2. The van der Waals surface area contributed by atoms with Crippen molar-refractivity contribution in [1.82, 2.24) is 24.6 Å². The smallest absolute Gasteiger partial charge is 0.249 e. The lowest BCUT2D eigenvalue weighted by Gasteiger charge is -2.33. The number of amides is 1. The number of nitrogens with zero attached hydrogens (tertiary/aromatic N) is 5. The van der Waals surface area contributed by atoms with Crippen molar-refractivity contribution >= 4 is 22.5 Å². The van der Waals surface area contributed by atoms with Gasteiger partial charge in [0.15, 0.2) is 0 Å². The van der Waals surface area contributed by atoms with Gasteiger partial charge in [0.05, 0.1) is 24.1 Å². The van der Waals surface area contributed by atoms with Gasteiger partial charge in [0.2, 0.25) is 11.8 Å². The number of carbonyl (C=O) groups is 1. The molecule has 0 saturated heterocycles. The molecular weight excluding hydrogens is 378 g/mol. The molecule has 0 unspecified atom stereocenters. The molecule has 4 heterocycles. The Bertz CT molecular complexity index is 1100. The Morgan fingerprint density at radius 2 is 1.93 bits per heavy atom. The van der Waals surface area contributed by atoms with Crippen molar-refractivity contribution in [3.8, 4) is 11.3 Å². The van der Waals surface area contributed by atoms with Crippen LogP contribution in [0.2, 0.25) is 0 Å². The first-order valence-corrected chi connectivity index (χ1v) is 9.56. The minimum Gasteiger partial charge on any atom is -0.310 e. The minimum absolute atomic E-state index is 0.353. The number of hydrogen-bond donors (Lipinski definition) is 1. The Balaban J connectivity index is 1.42. The van der Waals surface area contributed by atoms with E-state index in [1.807, 2.05) is 16.9 Å². The largest absolute Gasteiger partial charge is 0.310 e. The molecule has 3 aromatic rings. The number of hydrogen-bond acceptors (Lipinski definition) is 5. The summed E-state index contributed by atoms with van der Waals surface area (Å²) in [6, 6.07) is 3.69. The van der Waals surface area contributed by atoms with Crippen LogP contribution in [0.15, 0.2) is 30.7 Å². The number of aromatic nitrogens is 4. The lowest BCUT2D eigenvalue weighted by Crippen LogP contribution is -2.42. The first kappa shape index (κ1) is 18.1. The minimum atomic E-state index is -2.72. The Morgan fingerprint density at radius 3 is 2.72 bits per heavy atom. The van der Waals surface area contributed by atoms with Crippen molar-refractivity contribution in [1.29, 1.82) is 0 Å². The first-order chi connectivity index (χ1) is 13.9. The molecule has 0 atom stereocenters. The van der Waals surface area contributed by atoms with E-state index in [1.165, 1.54) is 0 Å². The van der Waals surface area contributed by atoms with Gasteiger partial charge < -0.3 is 5.32 Å². The van der Waals surface area contributed by atoms with Crippen molar-refractivity contribution in [2.75, 3.05) is 18.9 Å². The molecule has 1 amide bonds. The molecule has 7 nitrogen and oxygen atoms in total. The summed E-state index contributed by atoms with van der Waals surface area (Å²) in [6.07, 6.45) is 4.40. The van der Waals surface area contributed by atoms with Gasteiger partial charge in [-0.1, -0.05) is 0 Å². The fraction of sp³-hybridized carbons (Fsp3) is 0.400. The molecule has 0 aromatic carbocycles. The number of rotatable bonds is 3. The highest BCUT2D eigenvalue weighted by atomic mass is 19.3. The van der Waals surface area contributed by atoms with E-state index in [1.54, 1.807) is 18.5 Å². The van der Waals surface area contributed by atoms with Crippen LogP contribution in [0.25, 0.3) is 22.0 Å². The van der Waals surface area contributed by atoms with Gasteiger partial charge in [0.1, 0.15) is 5.82 Å². The maximum atomic E-state index is 13.0. The highest BCUT2D eigenvalue weighted by Gasteiger charge is 2.48. The molecule has 29 heavy (non-hydrogen) atoms. The predicted molar refractivity (Wildman–Crippen MR) is 103 cm³/mol.